The van der Waals surface area contributed by atoms with E-state index in [9.17, 15) is 0 Å². The molecule has 0 spiro atoms. The fourth-order valence-corrected chi connectivity index (χ4v) is 9.94. The standard InChI is InChI=1S/C48H32/c1-47(2)39-25-11-9-19-33(39)45-35-23-13-21-31-32-22-14-24-36-44(32)38(37(43(31)35)27-41(45)47)28-42-46(36)34-20-10-12-26-40(34)48(42,29-15-5-3-6-16-29)30-17-7-4-8-18-30/h3-28H,1-2H3. The first-order valence-corrected chi connectivity index (χ1v) is 17.1. The molecule has 9 aromatic rings. The highest BCUT2D eigenvalue weighted by atomic mass is 14.5. The molecular formula is C48H32. The van der Waals surface area contributed by atoms with Gasteiger partial charge in [-0.3, -0.25) is 0 Å². The first-order chi connectivity index (χ1) is 23.6. The summed E-state index contributed by atoms with van der Waals surface area (Å²) in [4.78, 5) is 0. The number of fused-ring (bicyclic) bond motifs is 10. The number of rotatable bonds is 2. The van der Waals surface area contributed by atoms with Crippen molar-refractivity contribution in [3.8, 4) is 22.3 Å². The molecule has 0 radical (unpaired) electrons. The summed E-state index contributed by atoms with van der Waals surface area (Å²) in [7, 11) is 0. The molecular weight excluding hydrogens is 577 g/mol. The molecule has 0 N–H and O–H groups in total. The zero-order valence-electron chi connectivity index (χ0n) is 27.0. The van der Waals surface area contributed by atoms with Crippen LogP contribution in [0.15, 0.2) is 158 Å². The van der Waals surface area contributed by atoms with Crippen molar-refractivity contribution in [2.45, 2.75) is 24.7 Å². The Bertz CT molecular complexity index is 2740. The monoisotopic (exact) mass is 608 g/mol. The normalized spacial score (nSPS) is 15.2. The van der Waals surface area contributed by atoms with Gasteiger partial charge in [0.05, 0.1) is 5.41 Å². The summed E-state index contributed by atoms with van der Waals surface area (Å²) in [6.45, 7) is 4.81. The van der Waals surface area contributed by atoms with E-state index < -0.39 is 5.41 Å². The van der Waals surface area contributed by atoms with Crippen molar-refractivity contribution >= 4 is 43.1 Å². The molecule has 0 atom stereocenters. The minimum absolute atomic E-state index is 0.0898. The summed E-state index contributed by atoms with van der Waals surface area (Å²) in [5, 5.41) is 10.8. The Kier molecular flexibility index (Phi) is 4.94. The molecule has 9 aromatic carbocycles. The lowest BCUT2D eigenvalue weighted by Gasteiger charge is -2.34. The maximum Gasteiger partial charge on any atom is 0.0714 e. The second-order valence-corrected chi connectivity index (χ2v) is 14.3. The van der Waals surface area contributed by atoms with E-state index in [1.165, 1.54) is 98.7 Å². The maximum atomic E-state index is 2.59. The van der Waals surface area contributed by atoms with E-state index in [0.29, 0.717) is 0 Å². The number of hydrogen-bond acceptors (Lipinski definition) is 0. The smallest absolute Gasteiger partial charge is 0.0622 e. The highest BCUT2D eigenvalue weighted by Gasteiger charge is 2.47. The van der Waals surface area contributed by atoms with Gasteiger partial charge in [0, 0.05) is 5.41 Å². The molecule has 0 unspecified atom stereocenters. The van der Waals surface area contributed by atoms with Gasteiger partial charge in [0.2, 0.25) is 0 Å². The van der Waals surface area contributed by atoms with Crippen LogP contribution in [0.3, 0.4) is 0 Å². The molecule has 224 valence electrons. The third-order valence-electron chi connectivity index (χ3n) is 11.9. The van der Waals surface area contributed by atoms with Gasteiger partial charge in [0.15, 0.2) is 0 Å². The molecule has 0 nitrogen and oxygen atoms in total. The van der Waals surface area contributed by atoms with Crippen molar-refractivity contribution in [2.75, 3.05) is 0 Å². The largest absolute Gasteiger partial charge is 0.0714 e. The Balaban J connectivity index is 1.39. The van der Waals surface area contributed by atoms with Crippen molar-refractivity contribution < 1.29 is 0 Å². The number of benzene rings is 9. The van der Waals surface area contributed by atoms with Crippen LogP contribution in [-0.2, 0) is 10.8 Å². The zero-order chi connectivity index (χ0) is 31.8. The molecule has 0 bridgehead atoms. The van der Waals surface area contributed by atoms with Crippen LogP contribution in [0.1, 0.15) is 47.2 Å². The summed E-state index contributed by atoms with van der Waals surface area (Å²) in [5.74, 6) is 0. The molecule has 48 heavy (non-hydrogen) atoms. The topological polar surface area (TPSA) is 0 Å². The Hall–Kier alpha value is -5.72. The Morgan fingerprint density at radius 3 is 1.35 bits per heavy atom. The van der Waals surface area contributed by atoms with E-state index in [4.69, 9.17) is 0 Å². The van der Waals surface area contributed by atoms with Crippen molar-refractivity contribution in [2.24, 2.45) is 0 Å². The van der Waals surface area contributed by atoms with E-state index in [1.54, 1.807) is 0 Å². The summed E-state index contributed by atoms with van der Waals surface area (Å²) < 4.78 is 0. The second-order valence-electron chi connectivity index (χ2n) is 14.3. The predicted octanol–water partition coefficient (Wildman–Crippen LogP) is 12.4. The maximum absolute atomic E-state index is 2.59. The van der Waals surface area contributed by atoms with Gasteiger partial charge in [0.1, 0.15) is 0 Å². The third kappa shape index (κ3) is 2.99. The van der Waals surface area contributed by atoms with Gasteiger partial charge in [-0.1, -0.05) is 159 Å². The van der Waals surface area contributed by atoms with E-state index >= 15 is 0 Å². The molecule has 0 heterocycles. The van der Waals surface area contributed by atoms with E-state index in [0.717, 1.165) is 0 Å². The summed E-state index contributed by atoms with van der Waals surface area (Å²) in [6.07, 6.45) is 0. The minimum atomic E-state index is -0.447. The van der Waals surface area contributed by atoms with Crippen molar-refractivity contribution in [1.29, 1.82) is 0 Å². The molecule has 0 saturated heterocycles. The molecule has 11 rings (SSSR count). The fraction of sp³-hybridized carbons (Fsp3) is 0.0833. The predicted molar refractivity (Wildman–Crippen MR) is 203 cm³/mol. The molecule has 2 aliphatic carbocycles. The van der Waals surface area contributed by atoms with Gasteiger partial charge < -0.3 is 0 Å². The lowest BCUT2D eigenvalue weighted by Crippen LogP contribution is -2.28. The fourth-order valence-electron chi connectivity index (χ4n) is 9.94. The number of hydrogen-bond donors (Lipinski definition) is 0. The molecule has 0 aromatic heterocycles. The highest BCUT2D eigenvalue weighted by molar-refractivity contribution is 6.36. The molecule has 0 saturated carbocycles. The average molecular weight is 609 g/mol. The van der Waals surface area contributed by atoms with E-state index in [1.807, 2.05) is 0 Å². The van der Waals surface area contributed by atoms with Crippen LogP contribution >= 0.6 is 0 Å². The Labute approximate surface area is 280 Å². The lowest BCUT2D eigenvalue weighted by atomic mass is 9.67. The van der Waals surface area contributed by atoms with Crippen LogP contribution in [0.25, 0.3) is 65.3 Å². The van der Waals surface area contributed by atoms with Crippen molar-refractivity contribution in [1.82, 2.24) is 0 Å². The summed E-state index contributed by atoms with van der Waals surface area (Å²) >= 11 is 0. The van der Waals surface area contributed by atoms with Gasteiger partial charge in [-0.05, 0) is 111 Å². The molecule has 0 amide bonds. The average Bonchev–Trinajstić information content (AvgIpc) is 3.57. The van der Waals surface area contributed by atoms with E-state index in [2.05, 4.69) is 172 Å². The van der Waals surface area contributed by atoms with Gasteiger partial charge >= 0.3 is 0 Å². The second kappa shape index (κ2) is 9.00. The van der Waals surface area contributed by atoms with Crippen molar-refractivity contribution in [3.05, 3.63) is 191 Å². The van der Waals surface area contributed by atoms with Gasteiger partial charge in [0.25, 0.3) is 0 Å². The van der Waals surface area contributed by atoms with Crippen LogP contribution in [0.2, 0.25) is 0 Å². The molecule has 0 fully saturated rings. The van der Waals surface area contributed by atoms with Gasteiger partial charge in [-0.25, -0.2) is 0 Å². The van der Waals surface area contributed by atoms with Gasteiger partial charge in [-0.2, -0.15) is 0 Å². The zero-order valence-corrected chi connectivity index (χ0v) is 27.0. The van der Waals surface area contributed by atoms with Crippen molar-refractivity contribution in [3.63, 3.8) is 0 Å². The van der Waals surface area contributed by atoms with Crippen LogP contribution in [0, 0.1) is 0 Å². The van der Waals surface area contributed by atoms with Crippen LogP contribution in [-0.4, -0.2) is 0 Å². The lowest BCUT2D eigenvalue weighted by molar-refractivity contribution is 0.661. The molecule has 0 heteroatoms. The quantitative estimate of drug-likeness (QED) is 0.135. The molecule has 2 aliphatic rings. The summed E-state index contributed by atoms with van der Waals surface area (Å²) in [5.41, 5.74) is 13.1. The highest BCUT2D eigenvalue weighted by Crippen LogP contribution is 2.60. The summed E-state index contributed by atoms with van der Waals surface area (Å²) in [6, 6.07) is 59.7. The third-order valence-corrected chi connectivity index (χ3v) is 11.9. The first kappa shape index (κ1) is 26.4. The first-order valence-electron chi connectivity index (χ1n) is 17.1. The Morgan fingerprint density at radius 2 is 0.771 bits per heavy atom. The Morgan fingerprint density at radius 1 is 0.333 bits per heavy atom. The molecule has 0 aliphatic heterocycles. The van der Waals surface area contributed by atoms with E-state index in [-0.39, 0.29) is 5.41 Å². The minimum Gasteiger partial charge on any atom is -0.0622 e. The van der Waals surface area contributed by atoms with Crippen LogP contribution in [0.4, 0.5) is 0 Å². The SMILES string of the molecule is CC1(C)c2ccccc2-c2c1cc1c3cc4c(c5cccc(c6cccc2c61)c53)-c1ccccc1C4(c1ccccc1)c1ccccc1. The van der Waals surface area contributed by atoms with Crippen LogP contribution < -0.4 is 0 Å². The van der Waals surface area contributed by atoms with Crippen LogP contribution in [0.5, 0.6) is 0 Å². The van der Waals surface area contributed by atoms with Gasteiger partial charge in [-0.15, -0.1) is 0 Å².